The van der Waals surface area contributed by atoms with Gasteiger partial charge in [-0.25, -0.2) is 13.2 Å². The summed E-state index contributed by atoms with van der Waals surface area (Å²) in [4.78, 5) is 29.5. The normalized spacial score (nSPS) is 12.8. The molecule has 154 valence electrons. The first-order valence-corrected chi connectivity index (χ1v) is 11.8. The van der Waals surface area contributed by atoms with Crippen LogP contribution < -0.4 is 15.7 Å². The van der Waals surface area contributed by atoms with Gasteiger partial charge in [-0.05, 0) is 55.7 Å². The molecule has 0 radical (unpaired) electrons. The summed E-state index contributed by atoms with van der Waals surface area (Å²) in [6.07, 6.45) is 2.22. The molecule has 0 aliphatic heterocycles. The van der Waals surface area contributed by atoms with E-state index in [-0.39, 0.29) is 10.6 Å². The van der Waals surface area contributed by atoms with Gasteiger partial charge in [0, 0.05) is 5.69 Å². The van der Waals surface area contributed by atoms with Gasteiger partial charge in [0.2, 0.25) is 15.9 Å². The second-order valence-electron chi connectivity index (χ2n) is 6.60. The summed E-state index contributed by atoms with van der Waals surface area (Å²) in [7, 11) is -3.85. The maximum Gasteiger partial charge on any atom is 0.323 e. The Bertz CT molecular complexity index is 1170. The number of aromatic nitrogens is 2. The van der Waals surface area contributed by atoms with Crippen LogP contribution in [0.4, 0.5) is 5.69 Å². The van der Waals surface area contributed by atoms with Gasteiger partial charge in [-0.1, -0.05) is 17.7 Å². The third-order valence-corrected chi connectivity index (χ3v) is 6.47. The van der Waals surface area contributed by atoms with Gasteiger partial charge in [0.25, 0.3) is 0 Å². The lowest BCUT2D eigenvalue weighted by atomic mass is 10.2. The Hall–Kier alpha value is -2.56. The minimum Gasteiger partial charge on any atom is -0.325 e. The zero-order valence-electron chi connectivity index (χ0n) is 16.0. The largest absolute Gasteiger partial charge is 0.325 e. The van der Waals surface area contributed by atoms with E-state index in [9.17, 15) is 18.0 Å². The van der Waals surface area contributed by atoms with Crippen LogP contribution in [0.5, 0.6) is 0 Å². The van der Waals surface area contributed by atoms with Crippen LogP contribution in [-0.2, 0) is 14.8 Å². The molecule has 8 nitrogen and oxygen atoms in total. The number of benzene rings is 2. The highest BCUT2D eigenvalue weighted by atomic mass is 32.2. The monoisotopic (exact) mass is 434 g/mol. The number of H-pyrrole nitrogens is 2. The molecule has 10 heteroatoms. The van der Waals surface area contributed by atoms with Crippen molar-refractivity contribution in [3.63, 3.8) is 0 Å². The Morgan fingerprint density at radius 2 is 1.79 bits per heavy atom. The lowest BCUT2D eigenvalue weighted by molar-refractivity contribution is -0.117. The number of aromatic amines is 2. The Morgan fingerprint density at radius 3 is 2.48 bits per heavy atom. The molecule has 3 rings (SSSR count). The van der Waals surface area contributed by atoms with Crippen molar-refractivity contribution >= 4 is 44.4 Å². The first kappa shape index (κ1) is 21.2. The van der Waals surface area contributed by atoms with E-state index in [1.54, 1.807) is 30.3 Å². The van der Waals surface area contributed by atoms with Crippen LogP contribution in [0.2, 0.25) is 0 Å². The summed E-state index contributed by atoms with van der Waals surface area (Å²) in [5.41, 5.74) is 2.23. The van der Waals surface area contributed by atoms with E-state index in [1.807, 2.05) is 13.2 Å². The van der Waals surface area contributed by atoms with Crippen molar-refractivity contribution in [3.05, 3.63) is 58.5 Å². The molecule has 2 aromatic carbocycles. The Kier molecular flexibility index (Phi) is 6.46. The zero-order valence-corrected chi connectivity index (χ0v) is 17.6. The first-order chi connectivity index (χ1) is 13.8. The molecule has 3 aromatic rings. The number of hydrogen-bond acceptors (Lipinski definition) is 5. The van der Waals surface area contributed by atoms with Gasteiger partial charge in [0.15, 0.2) is 0 Å². The van der Waals surface area contributed by atoms with Crippen molar-refractivity contribution in [2.24, 2.45) is 0 Å². The van der Waals surface area contributed by atoms with E-state index in [0.29, 0.717) is 28.9 Å². The van der Waals surface area contributed by atoms with Gasteiger partial charge in [-0.3, -0.25) is 4.79 Å². The van der Waals surface area contributed by atoms with Gasteiger partial charge < -0.3 is 15.3 Å². The summed E-state index contributed by atoms with van der Waals surface area (Å²) < 4.78 is 27.9. The molecule has 1 atom stereocenters. The van der Waals surface area contributed by atoms with Crippen molar-refractivity contribution in [1.82, 2.24) is 14.7 Å². The Morgan fingerprint density at radius 1 is 1.10 bits per heavy atom. The van der Waals surface area contributed by atoms with Crippen molar-refractivity contribution in [1.29, 1.82) is 0 Å². The maximum atomic E-state index is 12.8. The van der Waals surface area contributed by atoms with E-state index in [2.05, 4.69) is 20.0 Å². The van der Waals surface area contributed by atoms with Crippen molar-refractivity contribution in [2.75, 3.05) is 17.3 Å². The number of anilines is 1. The van der Waals surface area contributed by atoms with Crippen LogP contribution in [0.25, 0.3) is 11.0 Å². The maximum absolute atomic E-state index is 12.8. The number of fused-ring (bicyclic) bond motifs is 1. The summed E-state index contributed by atoms with van der Waals surface area (Å²) in [5, 5.41) is 2.72. The van der Waals surface area contributed by atoms with Gasteiger partial charge in [-0.15, -0.1) is 0 Å². The van der Waals surface area contributed by atoms with E-state index >= 15 is 0 Å². The highest BCUT2D eigenvalue weighted by Gasteiger charge is 2.25. The van der Waals surface area contributed by atoms with Crippen molar-refractivity contribution in [2.45, 2.75) is 24.3 Å². The number of carbonyl (C=O) groups excluding carboxylic acids is 1. The molecule has 0 bridgehead atoms. The van der Waals surface area contributed by atoms with Crippen LogP contribution in [0, 0.1) is 6.92 Å². The molecule has 29 heavy (non-hydrogen) atoms. The van der Waals surface area contributed by atoms with Crippen LogP contribution >= 0.6 is 11.8 Å². The number of amides is 1. The topological polar surface area (TPSA) is 124 Å². The average Bonchev–Trinajstić information content (AvgIpc) is 3.04. The summed E-state index contributed by atoms with van der Waals surface area (Å²) in [5.74, 6) is 0.144. The molecule has 1 heterocycles. The molecule has 0 aliphatic rings. The van der Waals surface area contributed by atoms with Gasteiger partial charge in [-0.2, -0.15) is 16.5 Å². The second-order valence-corrected chi connectivity index (χ2v) is 9.30. The standard InChI is InChI=1S/C19H22N4O4S2/c1-12-3-6-14(7-4-12)29(26,27)23-16(9-10-28-2)18(24)20-13-5-8-15-17(11-13)22-19(25)21-15/h3-8,11,16,23H,9-10H2,1-2H3,(H,20,24)(H2,21,22,25). The van der Waals surface area contributed by atoms with E-state index in [0.717, 1.165) is 5.56 Å². The first-order valence-electron chi connectivity index (χ1n) is 8.89. The van der Waals surface area contributed by atoms with Gasteiger partial charge in [0.1, 0.15) is 6.04 Å². The summed E-state index contributed by atoms with van der Waals surface area (Å²) >= 11 is 1.52. The quantitative estimate of drug-likeness (QED) is 0.433. The van der Waals surface area contributed by atoms with E-state index in [4.69, 9.17) is 0 Å². The molecule has 0 fully saturated rings. The van der Waals surface area contributed by atoms with E-state index < -0.39 is 22.0 Å². The summed E-state index contributed by atoms with van der Waals surface area (Å²) in [6, 6.07) is 10.4. The number of thioether (sulfide) groups is 1. The Labute approximate surface area is 172 Å². The highest BCUT2D eigenvalue weighted by molar-refractivity contribution is 7.98. The number of rotatable bonds is 8. The second kappa shape index (κ2) is 8.85. The average molecular weight is 435 g/mol. The molecule has 0 aliphatic carbocycles. The van der Waals surface area contributed by atoms with Crippen molar-refractivity contribution in [3.8, 4) is 0 Å². The van der Waals surface area contributed by atoms with Gasteiger partial charge >= 0.3 is 5.69 Å². The molecule has 1 aromatic heterocycles. The lowest BCUT2D eigenvalue weighted by Crippen LogP contribution is -2.44. The molecular weight excluding hydrogens is 412 g/mol. The molecule has 4 N–H and O–H groups in total. The van der Waals surface area contributed by atoms with Crippen molar-refractivity contribution < 1.29 is 13.2 Å². The predicted molar refractivity (Wildman–Crippen MR) is 116 cm³/mol. The molecule has 0 saturated heterocycles. The molecule has 0 saturated carbocycles. The smallest absolute Gasteiger partial charge is 0.323 e. The number of aryl methyl sites for hydroxylation is 1. The molecule has 0 spiro atoms. The minimum absolute atomic E-state index is 0.108. The van der Waals surface area contributed by atoms with Gasteiger partial charge in [0.05, 0.1) is 15.9 Å². The third kappa shape index (κ3) is 5.28. The SMILES string of the molecule is CSCCC(NS(=O)(=O)c1ccc(C)cc1)C(=O)Nc1ccc2[nH]c(=O)[nH]c2c1. The number of nitrogens with one attached hydrogen (secondary N) is 4. The van der Waals surface area contributed by atoms with Crippen LogP contribution in [0.1, 0.15) is 12.0 Å². The van der Waals surface area contributed by atoms with Crippen LogP contribution in [0.3, 0.4) is 0 Å². The number of sulfonamides is 1. The lowest BCUT2D eigenvalue weighted by Gasteiger charge is -2.18. The molecular formula is C19H22N4O4S2. The number of hydrogen-bond donors (Lipinski definition) is 4. The number of carbonyl (C=O) groups is 1. The highest BCUT2D eigenvalue weighted by Crippen LogP contribution is 2.17. The fraction of sp³-hybridized carbons (Fsp3) is 0.263. The zero-order chi connectivity index (χ0) is 21.0. The third-order valence-electron chi connectivity index (χ3n) is 4.34. The fourth-order valence-corrected chi connectivity index (χ4v) is 4.49. The molecule has 1 amide bonds. The predicted octanol–water partition coefficient (Wildman–Crippen LogP) is 2.20. The van der Waals surface area contributed by atoms with E-state index in [1.165, 1.54) is 23.9 Å². The summed E-state index contributed by atoms with van der Waals surface area (Å²) in [6.45, 7) is 1.87. The molecule has 1 unspecified atom stereocenters. The Balaban J connectivity index is 1.79. The fourth-order valence-electron chi connectivity index (χ4n) is 2.79. The minimum atomic E-state index is -3.85. The van der Waals surface area contributed by atoms with Crippen LogP contribution in [0.15, 0.2) is 52.2 Å². The number of imidazole rings is 1. The van der Waals surface area contributed by atoms with Crippen LogP contribution in [-0.4, -0.2) is 42.3 Å².